The van der Waals surface area contributed by atoms with Crippen LogP contribution >= 0.6 is 0 Å². The average molecular weight is 363 g/mol. The molecule has 0 radical (unpaired) electrons. The van der Waals surface area contributed by atoms with Crippen LogP contribution in [0.25, 0.3) is 0 Å². The van der Waals surface area contributed by atoms with Crippen molar-refractivity contribution >= 4 is 5.91 Å². The van der Waals surface area contributed by atoms with Crippen LogP contribution in [0.3, 0.4) is 0 Å². The maximum Gasteiger partial charge on any atom is 0.224 e. The fourth-order valence-corrected chi connectivity index (χ4v) is 7.05. The first-order valence-electron chi connectivity index (χ1n) is 10.4. The van der Waals surface area contributed by atoms with Crippen molar-refractivity contribution in [2.75, 3.05) is 0 Å². The lowest BCUT2D eigenvalue weighted by Crippen LogP contribution is -2.54. The number of benzene rings is 3. The number of amides is 1. The lowest BCUT2D eigenvalue weighted by Gasteiger charge is -2.54. The van der Waals surface area contributed by atoms with E-state index in [0.717, 1.165) is 13.0 Å². The fraction of sp³-hybridized carbons (Fsp3) is 0.269. The minimum absolute atomic E-state index is 0.231. The highest BCUT2D eigenvalue weighted by Crippen LogP contribution is 2.68. The monoisotopic (exact) mass is 363 g/mol. The van der Waals surface area contributed by atoms with Crippen molar-refractivity contribution in [1.82, 2.24) is 4.90 Å². The lowest BCUT2D eigenvalue weighted by molar-refractivity contribution is -0.134. The molecule has 136 valence electrons. The summed E-state index contributed by atoms with van der Waals surface area (Å²) in [6, 6.07) is 26.7. The number of hydrogen-bond acceptors (Lipinski definition) is 1. The molecule has 0 saturated carbocycles. The van der Waals surface area contributed by atoms with Crippen LogP contribution in [0.5, 0.6) is 0 Å². The summed E-state index contributed by atoms with van der Waals surface area (Å²) in [5, 5.41) is 0. The molecule has 4 atom stereocenters. The summed E-state index contributed by atoms with van der Waals surface area (Å²) in [5.41, 5.74) is 8.25. The van der Waals surface area contributed by atoms with Crippen molar-refractivity contribution in [2.24, 2.45) is 0 Å². The summed E-state index contributed by atoms with van der Waals surface area (Å²) in [7, 11) is 0. The third-order valence-electron chi connectivity index (χ3n) is 7.93. The summed E-state index contributed by atoms with van der Waals surface area (Å²) >= 11 is 0. The molecular formula is C26H21NO. The Kier molecular flexibility index (Phi) is 2.66. The van der Waals surface area contributed by atoms with Crippen molar-refractivity contribution in [2.45, 2.75) is 42.7 Å². The second-order valence-electron chi connectivity index (χ2n) is 8.82. The summed E-state index contributed by atoms with van der Waals surface area (Å²) in [5.74, 6) is 1.33. The Bertz CT molecular complexity index is 1160. The van der Waals surface area contributed by atoms with Crippen LogP contribution in [0.15, 0.2) is 72.8 Å². The molecule has 2 heteroatoms. The largest absolute Gasteiger partial charge is 0.327 e. The van der Waals surface area contributed by atoms with E-state index in [-0.39, 0.29) is 11.5 Å². The second-order valence-corrected chi connectivity index (χ2v) is 8.82. The van der Waals surface area contributed by atoms with Gasteiger partial charge in [0.05, 0.1) is 5.54 Å². The molecule has 2 aliphatic carbocycles. The number of carbonyl (C=O) groups excluding carboxylic acids is 1. The van der Waals surface area contributed by atoms with Gasteiger partial charge in [0.25, 0.3) is 0 Å². The van der Waals surface area contributed by atoms with Gasteiger partial charge in [-0.1, -0.05) is 72.8 Å². The van der Waals surface area contributed by atoms with Crippen molar-refractivity contribution < 1.29 is 4.79 Å². The minimum atomic E-state index is -0.231. The van der Waals surface area contributed by atoms with E-state index in [1.165, 1.54) is 33.4 Å². The molecule has 1 fully saturated rings. The Hall–Kier alpha value is -2.87. The quantitative estimate of drug-likeness (QED) is 0.548. The van der Waals surface area contributed by atoms with Crippen LogP contribution < -0.4 is 0 Å². The number of carbonyl (C=O) groups is 1. The van der Waals surface area contributed by atoms with Crippen molar-refractivity contribution in [1.29, 1.82) is 0 Å². The standard InChI is InChI=1S/C26H21NO/c28-25-14-24-19-10-4-3-9-18(19)21-13-23-17-8-2-1-7-16(17)15-27(25)26(23,24)22-12-6-5-11-20(21)22/h1-12,21,23-24H,13-15H2/t21-,23-,24+,26-/m0/s1. The van der Waals surface area contributed by atoms with Crippen molar-refractivity contribution in [3.8, 4) is 0 Å². The van der Waals surface area contributed by atoms with Crippen LogP contribution in [0.2, 0.25) is 0 Å². The molecule has 1 amide bonds. The molecule has 1 saturated heterocycles. The van der Waals surface area contributed by atoms with Gasteiger partial charge in [-0.3, -0.25) is 4.79 Å². The minimum Gasteiger partial charge on any atom is -0.327 e. The number of hydrogen-bond donors (Lipinski definition) is 0. The van der Waals surface area contributed by atoms with Gasteiger partial charge < -0.3 is 4.90 Å². The third-order valence-corrected chi connectivity index (χ3v) is 7.93. The Morgan fingerprint density at radius 3 is 2.29 bits per heavy atom. The normalized spacial score (nSPS) is 30.9. The average Bonchev–Trinajstić information content (AvgIpc) is 2.92. The Balaban J connectivity index is 1.65. The van der Waals surface area contributed by atoms with Crippen LogP contribution in [0.4, 0.5) is 0 Å². The van der Waals surface area contributed by atoms with Crippen molar-refractivity contribution in [3.05, 3.63) is 106 Å². The first-order chi connectivity index (χ1) is 13.8. The Morgan fingerprint density at radius 1 is 0.750 bits per heavy atom. The molecule has 2 aliphatic heterocycles. The van der Waals surface area contributed by atoms with Crippen molar-refractivity contribution in [3.63, 3.8) is 0 Å². The van der Waals surface area contributed by atoms with E-state index in [9.17, 15) is 4.79 Å². The molecule has 0 unspecified atom stereocenters. The van der Waals surface area contributed by atoms with Gasteiger partial charge in [-0.05, 0) is 39.8 Å². The predicted octanol–water partition coefficient (Wildman–Crippen LogP) is 5.04. The van der Waals surface area contributed by atoms with E-state index in [2.05, 4.69) is 77.7 Å². The van der Waals surface area contributed by atoms with E-state index in [1.807, 2.05) is 0 Å². The summed E-state index contributed by atoms with van der Waals surface area (Å²) in [4.78, 5) is 15.7. The zero-order chi connectivity index (χ0) is 18.5. The molecule has 3 aromatic rings. The molecule has 2 bridgehead atoms. The number of nitrogens with zero attached hydrogens (tertiary/aromatic N) is 1. The first kappa shape index (κ1) is 15.1. The molecule has 3 aromatic carbocycles. The summed E-state index contributed by atoms with van der Waals surface area (Å²) < 4.78 is 0. The SMILES string of the molecule is O=C1C[C@@H]2c3ccccc3[C@@H]3C[C@H]4c5ccccc5CN1[C@]24c1ccccc13. The fourth-order valence-electron chi connectivity index (χ4n) is 7.05. The highest BCUT2D eigenvalue weighted by molar-refractivity contribution is 5.85. The second kappa shape index (κ2) is 4.94. The molecule has 1 spiro atoms. The number of rotatable bonds is 0. The van der Waals surface area contributed by atoms with E-state index < -0.39 is 0 Å². The molecule has 0 N–H and O–H groups in total. The Labute approximate surface area is 164 Å². The van der Waals surface area contributed by atoms with Gasteiger partial charge in [-0.2, -0.15) is 0 Å². The zero-order valence-corrected chi connectivity index (χ0v) is 15.6. The molecule has 28 heavy (non-hydrogen) atoms. The maximum atomic E-state index is 13.4. The summed E-state index contributed by atoms with van der Waals surface area (Å²) in [6.07, 6.45) is 1.72. The first-order valence-corrected chi connectivity index (χ1v) is 10.4. The number of fused-ring (bicyclic) bond motifs is 5. The van der Waals surface area contributed by atoms with E-state index >= 15 is 0 Å². The van der Waals surface area contributed by atoms with E-state index in [0.29, 0.717) is 24.2 Å². The van der Waals surface area contributed by atoms with E-state index in [4.69, 9.17) is 0 Å². The highest BCUT2D eigenvalue weighted by Gasteiger charge is 2.65. The molecule has 2 heterocycles. The smallest absolute Gasteiger partial charge is 0.224 e. The highest BCUT2D eigenvalue weighted by atomic mass is 16.2. The molecule has 4 aliphatic rings. The zero-order valence-electron chi connectivity index (χ0n) is 15.6. The van der Waals surface area contributed by atoms with Crippen LogP contribution in [-0.4, -0.2) is 10.8 Å². The van der Waals surface area contributed by atoms with Gasteiger partial charge >= 0.3 is 0 Å². The molecule has 2 nitrogen and oxygen atoms in total. The van der Waals surface area contributed by atoms with Gasteiger partial charge in [0.15, 0.2) is 0 Å². The van der Waals surface area contributed by atoms with Gasteiger partial charge in [0, 0.05) is 30.7 Å². The topological polar surface area (TPSA) is 20.3 Å². The Morgan fingerprint density at radius 2 is 1.43 bits per heavy atom. The maximum absolute atomic E-state index is 13.4. The molecule has 0 aromatic heterocycles. The van der Waals surface area contributed by atoms with Gasteiger partial charge in [-0.25, -0.2) is 0 Å². The van der Waals surface area contributed by atoms with Gasteiger partial charge in [0.2, 0.25) is 5.91 Å². The van der Waals surface area contributed by atoms with Crippen LogP contribution in [-0.2, 0) is 16.9 Å². The lowest BCUT2D eigenvalue weighted by atomic mass is 9.58. The molecular weight excluding hydrogens is 342 g/mol. The van der Waals surface area contributed by atoms with Gasteiger partial charge in [0.1, 0.15) is 0 Å². The van der Waals surface area contributed by atoms with Crippen LogP contribution in [0.1, 0.15) is 64.0 Å². The predicted molar refractivity (Wildman–Crippen MR) is 108 cm³/mol. The molecule has 7 rings (SSSR count). The summed E-state index contributed by atoms with van der Waals surface area (Å²) in [6.45, 7) is 0.739. The van der Waals surface area contributed by atoms with Gasteiger partial charge in [-0.15, -0.1) is 0 Å². The third kappa shape index (κ3) is 1.53. The van der Waals surface area contributed by atoms with E-state index in [1.54, 1.807) is 0 Å². The van der Waals surface area contributed by atoms with Crippen LogP contribution in [0, 0.1) is 0 Å².